The molecule has 0 unspecified atom stereocenters. The molecule has 2 heteroatoms. The fourth-order valence-corrected chi connectivity index (χ4v) is 0.999. The molecule has 1 rings (SSSR count). The Hall–Kier alpha value is -0.0800. The minimum Gasteiger partial charge on any atom is -0.315 e. The van der Waals surface area contributed by atoms with E-state index in [2.05, 4.69) is 24.5 Å². The van der Waals surface area contributed by atoms with Gasteiger partial charge >= 0.3 is 0 Å². The fourth-order valence-electron chi connectivity index (χ4n) is 0.999. The van der Waals surface area contributed by atoms with Crippen molar-refractivity contribution in [3.63, 3.8) is 0 Å². The van der Waals surface area contributed by atoms with Crippen molar-refractivity contribution in [1.82, 2.24) is 10.6 Å². The molecule has 0 saturated heterocycles. The van der Waals surface area contributed by atoms with E-state index in [9.17, 15) is 0 Å². The van der Waals surface area contributed by atoms with Crippen LogP contribution in [-0.4, -0.2) is 25.7 Å². The Bertz CT molecular complexity index is 117. The molecule has 1 fully saturated rings. The monoisotopic (exact) mass is 156 g/mol. The Balaban J connectivity index is 1.99. The maximum atomic E-state index is 3.48. The lowest BCUT2D eigenvalue weighted by molar-refractivity contribution is 0.391. The molecule has 0 heterocycles. The van der Waals surface area contributed by atoms with Gasteiger partial charge in [0.05, 0.1) is 0 Å². The standard InChI is InChI=1S/C9H20N2/c1-9(2,10-3)7-11-6-8-4-5-8/h8,10-11H,4-7H2,1-3H3. The third kappa shape index (κ3) is 3.73. The lowest BCUT2D eigenvalue weighted by atomic mass is 10.1. The van der Waals surface area contributed by atoms with Crippen molar-refractivity contribution >= 4 is 0 Å². The largest absolute Gasteiger partial charge is 0.315 e. The van der Waals surface area contributed by atoms with E-state index in [1.807, 2.05) is 7.05 Å². The molecule has 0 aliphatic heterocycles. The van der Waals surface area contributed by atoms with E-state index in [1.165, 1.54) is 19.4 Å². The molecule has 0 aromatic rings. The first-order chi connectivity index (χ1) is 5.14. The van der Waals surface area contributed by atoms with Gasteiger partial charge in [-0.25, -0.2) is 0 Å². The molecular weight excluding hydrogens is 136 g/mol. The lowest BCUT2D eigenvalue weighted by Gasteiger charge is -2.24. The Kier molecular flexibility index (Phi) is 2.90. The number of hydrogen-bond donors (Lipinski definition) is 2. The van der Waals surface area contributed by atoms with E-state index in [4.69, 9.17) is 0 Å². The molecule has 0 spiro atoms. The topological polar surface area (TPSA) is 24.1 Å². The smallest absolute Gasteiger partial charge is 0.0246 e. The quantitative estimate of drug-likeness (QED) is 0.620. The van der Waals surface area contributed by atoms with Crippen molar-refractivity contribution in [3.8, 4) is 0 Å². The van der Waals surface area contributed by atoms with Gasteiger partial charge in [-0.2, -0.15) is 0 Å². The first-order valence-corrected chi connectivity index (χ1v) is 4.54. The SMILES string of the molecule is CNC(C)(C)CNCC1CC1. The van der Waals surface area contributed by atoms with Crippen LogP contribution in [0.5, 0.6) is 0 Å². The summed E-state index contributed by atoms with van der Waals surface area (Å²) >= 11 is 0. The van der Waals surface area contributed by atoms with Crippen molar-refractivity contribution < 1.29 is 0 Å². The van der Waals surface area contributed by atoms with Crippen LogP contribution < -0.4 is 10.6 Å². The maximum absolute atomic E-state index is 3.48. The molecule has 0 amide bonds. The summed E-state index contributed by atoms with van der Waals surface area (Å²) in [5.41, 5.74) is 0.245. The van der Waals surface area contributed by atoms with E-state index in [0.717, 1.165) is 12.5 Å². The van der Waals surface area contributed by atoms with Gasteiger partial charge in [0.15, 0.2) is 0 Å². The van der Waals surface area contributed by atoms with Gasteiger partial charge in [0.1, 0.15) is 0 Å². The van der Waals surface area contributed by atoms with Crippen molar-refractivity contribution in [2.24, 2.45) is 5.92 Å². The summed E-state index contributed by atoms with van der Waals surface area (Å²) in [6.07, 6.45) is 2.87. The van der Waals surface area contributed by atoms with E-state index in [0.29, 0.717) is 0 Å². The second-order valence-corrected chi connectivity index (χ2v) is 4.21. The van der Waals surface area contributed by atoms with E-state index >= 15 is 0 Å². The Morgan fingerprint density at radius 1 is 1.36 bits per heavy atom. The van der Waals surface area contributed by atoms with Gasteiger partial charge in [-0.15, -0.1) is 0 Å². The van der Waals surface area contributed by atoms with Gasteiger partial charge in [-0.3, -0.25) is 0 Å². The molecular formula is C9H20N2. The molecule has 11 heavy (non-hydrogen) atoms. The Morgan fingerprint density at radius 3 is 2.45 bits per heavy atom. The Labute approximate surface area is 69.8 Å². The lowest BCUT2D eigenvalue weighted by Crippen LogP contribution is -2.46. The highest BCUT2D eigenvalue weighted by Crippen LogP contribution is 2.27. The number of rotatable bonds is 5. The van der Waals surface area contributed by atoms with E-state index in [1.54, 1.807) is 0 Å². The van der Waals surface area contributed by atoms with Gasteiger partial charge in [0.25, 0.3) is 0 Å². The van der Waals surface area contributed by atoms with E-state index in [-0.39, 0.29) is 5.54 Å². The third-order valence-corrected chi connectivity index (χ3v) is 2.37. The van der Waals surface area contributed by atoms with Gasteiger partial charge in [0, 0.05) is 12.1 Å². The number of likely N-dealkylation sites (N-methyl/N-ethyl adjacent to an activating group) is 1. The summed E-state index contributed by atoms with van der Waals surface area (Å²) in [6, 6.07) is 0. The molecule has 0 aromatic heterocycles. The van der Waals surface area contributed by atoms with Crippen molar-refractivity contribution in [1.29, 1.82) is 0 Å². The predicted molar refractivity (Wildman–Crippen MR) is 48.7 cm³/mol. The predicted octanol–water partition coefficient (Wildman–Crippen LogP) is 0.984. The first-order valence-electron chi connectivity index (χ1n) is 4.54. The van der Waals surface area contributed by atoms with Gasteiger partial charge in [-0.1, -0.05) is 0 Å². The average Bonchev–Trinajstić information content (AvgIpc) is 2.71. The summed E-state index contributed by atoms with van der Waals surface area (Å²) in [7, 11) is 2.01. The van der Waals surface area contributed by atoms with Crippen LogP contribution in [0.1, 0.15) is 26.7 Å². The van der Waals surface area contributed by atoms with Crippen LogP contribution in [0, 0.1) is 5.92 Å². The van der Waals surface area contributed by atoms with Crippen LogP contribution in [0.4, 0.5) is 0 Å². The van der Waals surface area contributed by atoms with Gasteiger partial charge in [0.2, 0.25) is 0 Å². The zero-order valence-electron chi connectivity index (χ0n) is 7.91. The highest BCUT2D eigenvalue weighted by molar-refractivity contribution is 4.81. The second-order valence-electron chi connectivity index (χ2n) is 4.21. The summed E-state index contributed by atoms with van der Waals surface area (Å²) < 4.78 is 0. The van der Waals surface area contributed by atoms with Crippen molar-refractivity contribution in [2.45, 2.75) is 32.2 Å². The Morgan fingerprint density at radius 2 is 2.00 bits per heavy atom. The summed E-state index contributed by atoms with van der Waals surface area (Å²) in [6.45, 7) is 6.71. The van der Waals surface area contributed by atoms with Crippen LogP contribution in [-0.2, 0) is 0 Å². The molecule has 1 saturated carbocycles. The van der Waals surface area contributed by atoms with Crippen molar-refractivity contribution in [3.05, 3.63) is 0 Å². The minimum atomic E-state index is 0.245. The zero-order chi connectivity index (χ0) is 8.32. The molecule has 2 N–H and O–H groups in total. The summed E-state index contributed by atoms with van der Waals surface area (Å²) in [5, 5.41) is 6.75. The summed E-state index contributed by atoms with van der Waals surface area (Å²) in [4.78, 5) is 0. The molecule has 0 bridgehead atoms. The van der Waals surface area contributed by atoms with Crippen LogP contribution >= 0.6 is 0 Å². The average molecular weight is 156 g/mol. The third-order valence-electron chi connectivity index (χ3n) is 2.37. The zero-order valence-corrected chi connectivity index (χ0v) is 7.91. The summed E-state index contributed by atoms with van der Waals surface area (Å²) in [5.74, 6) is 0.989. The highest BCUT2D eigenvalue weighted by atomic mass is 15.0. The van der Waals surface area contributed by atoms with Crippen molar-refractivity contribution in [2.75, 3.05) is 20.1 Å². The van der Waals surface area contributed by atoms with Gasteiger partial charge in [-0.05, 0) is 46.2 Å². The number of nitrogens with one attached hydrogen (secondary N) is 2. The molecule has 1 aliphatic carbocycles. The number of hydrogen-bond acceptors (Lipinski definition) is 2. The molecule has 66 valence electrons. The van der Waals surface area contributed by atoms with Crippen LogP contribution in [0.2, 0.25) is 0 Å². The van der Waals surface area contributed by atoms with Crippen LogP contribution in [0.25, 0.3) is 0 Å². The molecule has 1 aliphatic rings. The first kappa shape index (κ1) is 9.01. The normalized spacial score (nSPS) is 18.8. The maximum Gasteiger partial charge on any atom is 0.0246 e. The second kappa shape index (κ2) is 3.55. The molecule has 0 atom stereocenters. The minimum absolute atomic E-state index is 0.245. The van der Waals surface area contributed by atoms with E-state index < -0.39 is 0 Å². The molecule has 2 nitrogen and oxygen atoms in total. The fraction of sp³-hybridized carbons (Fsp3) is 1.00. The van der Waals surface area contributed by atoms with Gasteiger partial charge < -0.3 is 10.6 Å². The van der Waals surface area contributed by atoms with Crippen LogP contribution in [0.15, 0.2) is 0 Å². The molecule has 0 radical (unpaired) electrons. The highest BCUT2D eigenvalue weighted by Gasteiger charge is 2.21. The molecule has 0 aromatic carbocycles. The van der Waals surface area contributed by atoms with Crippen LogP contribution in [0.3, 0.4) is 0 Å².